The zero-order valence-electron chi connectivity index (χ0n) is 14.5. The van der Waals surface area contributed by atoms with E-state index < -0.39 is 0 Å². The molecule has 128 valence electrons. The summed E-state index contributed by atoms with van der Waals surface area (Å²) < 4.78 is 0. The van der Waals surface area contributed by atoms with E-state index in [1.807, 2.05) is 91.0 Å². The van der Waals surface area contributed by atoms with Crippen molar-refractivity contribution in [1.82, 2.24) is 9.97 Å². The fourth-order valence-electron chi connectivity index (χ4n) is 2.36. The van der Waals surface area contributed by atoms with Crippen LogP contribution in [0.25, 0.3) is 24.3 Å². The van der Waals surface area contributed by atoms with Crippen LogP contribution >= 0.6 is 0 Å². The quantitative estimate of drug-likeness (QED) is 0.727. The Hall–Kier alpha value is -3.53. The van der Waals surface area contributed by atoms with E-state index in [-0.39, 0.29) is 5.91 Å². The molecule has 0 saturated heterocycles. The van der Waals surface area contributed by atoms with Gasteiger partial charge in [0.25, 0.3) is 0 Å². The molecule has 1 amide bonds. The number of aromatic nitrogens is 2. The number of anilines is 1. The first-order valence-electron chi connectivity index (χ1n) is 8.32. The van der Waals surface area contributed by atoms with Crippen LogP contribution in [0.3, 0.4) is 0 Å². The summed E-state index contributed by atoms with van der Waals surface area (Å²) in [5, 5.41) is 2.65. The van der Waals surface area contributed by atoms with Gasteiger partial charge in [0.2, 0.25) is 11.9 Å². The first-order chi connectivity index (χ1) is 12.7. The number of carbonyl (C=O) groups is 1. The van der Waals surface area contributed by atoms with Crippen LogP contribution < -0.4 is 5.32 Å². The summed E-state index contributed by atoms with van der Waals surface area (Å²) in [6, 6.07) is 21.8. The SMILES string of the molecule is CC(=O)Nc1nc(/C=C/c2ccccc2)cc(/C=C/c2ccccc2)n1. The molecule has 0 aliphatic carbocycles. The lowest BCUT2D eigenvalue weighted by Gasteiger charge is -2.04. The van der Waals surface area contributed by atoms with Gasteiger partial charge in [0.1, 0.15) is 0 Å². The second-order valence-electron chi connectivity index (χ2n) is 5.71. The standard InChI is InChI=1S/C22H19N3O/c1-17(26)23-22-24-20(14-12-18-8-4-2-5-9-18)16-21(25-22)15-13-19-10-6-3-7-11-19/h2-16H,1H3,(H,23,24,25,26)/b14-12+,15-13+. The summed E-state index contributed by atoms with van der Waals surface area (Å²) >= 11 is 0. The Morgan fingerprint density at radius 3 is 1.65 bits per heavy atom. The lowest BCUT2D eigenvalue weighted by atomic mass is 10.2. The van der Waals surface area contributed by atoms with Crippen LogP contribution in [0.5, 0.6) is 0 Å². The molecule has 2 aromatic carbocycles. The predicted molar refractivity (Wildman–Crippen MR) is 107 cm³/mol. The Bertz CT molecular complexity index is 864. The molecule has 0 aliphatic rings. The minimum Gasteiger partial charge on any atom is -0.295 e. The third kappa shape index (κ3) is 5.24. The van der Waals surface area contributed by atoms with E-state index in [1.54, 1.807) is 0 Å². The van der Waals surface area contributed by atoms with Crippen LogP contribution in [0, 0.1) is 0 Å². The number of amides is 1. The summed E-state index contributed by atoms with van der Waals surface area (Å²) in [6.45, 7) is 1.44. The third-order valence-electron chi connectivity index (χ3n) is 3.55. The van der Waals surface area contributed by atoms with Gasteiger partial charge < -0.3 is 0 Å². The molecule has 1 aromatic heterocycles. The van der Waals surface area contributed by atoms with Gasteiger partial charge in [0.15, 0.2) is 0 Å². The number of carbonyl (C=O) groups excluding carboxylic acids is 1. The fourth-order valence-corrected chi connectivity index (χ4v) is 2.36. The van der Waals surface area contributed by atoms with Crippen LogP contribution in [0.15, 0.2) is 66.7 Å². The van der Waals surface area contributed by atoms with Gasteiger partial charge >= 0.3 is 0 Å². The van der Waals surface area contributed by atoms with Crippen molar-refractivity contribution in [2.45, 2.75) is 6.92 Å². The van der Waals surface area contributed by atoms with Crippen molar-refractivity contribution in [3.8, 4) is 0 Å². The Morgan fingerprint density at radius 1 is 0.769 bits per heavy atom. The number of rotatable bonds is 5. The molecule has 4 heteroatoms. The van der Waals surface area contributed by atoms with E-state index >= 15 is 0 Å². The summed E-state index contributed by atoms with van der Waals surface area (Å²) in [7, 11) is 0. The summed E-state index contributed by atoms with van der Waals surface area (Å²) in [4.78, 5) is 20.1. The van der Waals surface area contributed by atoms with Crippen LogP contribution in [0.4, 0.5) is 5.95 Å². The van der Waals surface area contributed by atoms with E-state index in [0.29, 0.717) is 5.95 Å². The van der Waals surface area contributed by atoms with Gasteiger partial charge in [-0.25, -0.2) is 9.97 Å². The maximum Gasteiger partial charge on any atom is 0.230 e. The molecule has 3 rings (SSSR count). The molecule has 1 N–H and O–H groups in total. The van der Waals surface area contributed by atoms with Gasteiger partial charge in [-0.1, -0.05) is 72.8 Å². The highest BCUT2D eigenvalue weighted by molar-refractivity contribution is 5.87. The molecule has 0 aliphatic heterocycles. The topological polar surface area (TPSA) is 54.9 Å². The smallest absolute Gasteiger partial charge is 0.230 e. The third-order valence-corrected chi connectivity index (χ3v) is 3.55. The van der Waals surface area contributed by atoms with Crippen molar-refractivity contribution in [1.29, 1.82) is 0 Å². The van der Waals surface area contributed by atoms with Crippen molar-refractivity contribution in [2.24, 2.45) is 0 Å². The van der Waals surface area contributed by atoms with E-state index in [0.717, 1.165) is 22.5 Å². The highest BCUT2D eigenvalue weighted by atomic mass is 16.1. The maximum atomic E-state index is 11.4. The fraction of sp³-hybridized carbons (Fsp3) is 0.0455. The molecule has 3 aromatic rings. The summed E-state index contributed by atoms with van der Waals surface area (Å²) in [5.41, 5.74) is 3.60. The second-order valence-corrected chi connectivity index (χ2v) is 5.71. The number of hydrogen-bond acceptors (Lipinski definition) is 3. The lowest BCUT2D eigenvalue weighted by molar-refractivity contribution is -0.114. The highest BCUT2D eigenvalue weighted by Gasteiger charge is 2.03. The van der Waals surface area contributed by atoms with Gasteiger partial charge in [0, 0.05) is 6.92 Å². The van der Waals surface area contributed by atoms with E-state index in [4.69, 9.17) is 0 Å². The number of benzene rings is 2. The van der Waals surface area contributed by atoms with Gasteiger partial charge in [-0.05, 0) is 29.3 Å². The van der Waals surface area contributed by atoms with Crippen LogP contribution in [0.1, 0.15) is 29.4 Å². The number of hydrogen-bond donors (Lipinski definition) is 1. The second kappa shape index (κ2) is 8.53. The van der Waals surface area contributed by atoms with Crippen LogP contribution in [-0.2, 0) is 4.79 Å². The largest absolute Gasteiger partial charge is 0.295 e. The summed E-state index contributed by atoms with van der Waals surface area (Å²) in [6.07, 6.45) is 7.76. The van der Waals surface area contributed by atoms with Crippen LogP contribution in [-0.4, -0.2) is 15.9 Å². The van der Waals surface area contributed by atoms with Crippen LogP contribution in [0.2, 0.25) is 0 Å². The average Bonchev–Trinajstić information content (AvgIpc) is 2.66. The zero-order valence-corrected chi connectivity index (χ0v) is 14.5. The minimum atomic E-state index is -0.202. The van der Waals surface area contributed by atoms with Crippen molar-refractivity contribution in [2.75, 3.05) is 5.32 Å². The normalized spacial score (nSPS) is 11.1. The Morgan fingerprint density at radius 2 is 1.23 bits per heavy atom. The van der Waals surface area contributed by atoms with E-state index in [1.165, 1.54) is 6.92 Å². The molecule has 0 saturated carbocycles. The molecule has 0 bridgehead atoms. The molecule has 0 atom stereocenters. The first kappa shape index (κ1) is 17.3. The Balaban J connectivity index is 1.89. The molecule has 4 nitrogen and oxygen atoms in total. The van der Waals surface area contributed by atoms with E-state index in [2.05, 4.69) is 15.3 Å². The summed E-state index contributed by atoms with van der Waals surface area (Å²) in [5.74, 6) is 0.0904. The van der Waals surface area contributed by atoms with Crippen molar-refractivity contribution in [3.05, 3.63) is 89.2 Å². The van der Waals surface area contributed by atoms with Gasteiger partial charge in [-0.15, -0.1) is 0 Å². The lowest BCUT2D eigenvalue weighted by Crippen LogP contribution is -2.10. The Labute approximate surface area is 153 Å². The molecular formula is C22H19N3O. The number of nitrogens with zero attached hydrogens (tertiary/aromatic N) is 2. The zero-order chi connectivity index (χ0) is 18.2. The maximum absolute atomic E-state index is 11.4. The van der Waals surface area contributed by atoms with Crippen molar-refractivity contribution >= 4 is 36.2 Å². The first-order valence-corrected chi connectivity index (χ1v) is 8.32. The molecule has 0 fully saturated rings. The monoisotopic (exact) mass is 341 g/mol. The van der Waals surface area contributed by atoms with Crippen molar-refractivity contribution in [3.63, 3.8) is 0 Å². The number of nitrogens with one attached hydrogen (secondary N) is 1. The minimum absolute atomic E-state index is 0.202. The van der Waals surface area contributed by atoms with E-state index in [9.17, 15) is 4.79 Å². The Kier molecular flexibility index (Phi) is 5.68. The van der Waals surface area contributed by atoms with Gasteiger partial charge in [-0.3, -0.25) is 10.1 Å². The molecule has 26 heavy (non-hydrogen) atoms. The molecule has 0 unspecified atom stereocenters. The van der Waals surface area contributed by atoms with Gasteiger partial charge in [0.05, 0.1) is 11.4 Å². The molecule has 1 heterocycles. The molecule has 0 radical (unpaired) electrons. The molecule has 0 spiro atoms. The molecular weight excluding hydrogens is 322 g/mol. The van der Waals surface area contributed by atoms with Crippen molar-refractivity contribution < 1.29 is 4.79 Å². The highest BCUT2D eigenvalue weighted by Crippen LogP contribution is 2.13. The average molecular weight is 341 g/mol. The van der Waals surface area contributed by atoms with Gasteiger partial charge in [-0.2, -0.15) is 0 Å². The predicted octanol–water partition coefficient (Wildman–Crippen LogP) is 4.78.